The van der Waals surface area contributed by atoms with Crippen molar-refractivity contribution in [2.45, 2.75) is 64.3 Å². The molecule has 2 amide bonds. The summed E-state index contributed by atoms with van der Waals surface area (Å²) in [6.45, 7) is 2.69. The van der Waals surface area contributed by atoms with E-state index in [-0.39, 0.29) is 23.9 Å². The quantitative estimate of drug-likeness (QED) is 0.730. The highest BCUT2D eigenvalue weighted by Gasteiger charge is 2.33. The van der Waals surface area contributed by atoms with Gasteiger partial charge < -0.3 is 15.7 Å². The first-order valence-electron chi connectivity index (χ1n) is 8.37. The molecule has 5 heteroatoms. The second-order valence-electron chi connectivity index (χ2n) is 6.63. The average Bonchev–Trinajstić information content (AvgIpc) is 2.94. The van der Waals surface area contributed by atoms with Crippen LogP contribution >= 0.6 is 0 Å². The molecule has 0 aliphatic heterocycles. The predicted molar refractivity (Wildman–Crippen MR) is 81.0 cm³/mol. The molecule has 2 rings (SSSR count). The molecule has 2 aliphatic rings. The van der Waals surface area contributed by atoms with Gasteiger partial charge >= 0.3 is 12.0 Å². The topological polar surface area (TPSA) is 78.4 Å². The average molecular weight is 296 g/mol. The van der Waals surface area contributed by atoms with Crippen molar-refractivity contribution < 1.29 is 14.7 Å². The molecule has 21 heavy (non-hydrogen) atoms. The zero-order valence-corrected chi connectivity index (χ0v) is 12.9. The predicted octanol–water partition coefficient (Wildman–Crippen LogP) is 2.76. The van der Waals surface area contributed by atoms with Gasteiger partial charge in [0, 0.05) is 12.6 Å². The maximum absolute atomic E-state index is 12.0. The fraction of sp³-hybridized carbons (Fsp3) is 0.875. The van der Waals surface area contributed by atoms with Gasteiger partial charge in [0.15, 0.2) is 0 Å². The zero-order valence-electron chi connectivity index (χ0n) is 12.9. The summed E-state index contributed by atoms with van der Waals surface area (Å²) in [4.78, 5) is 23.1. The Balaban J connectivity index is 1.71. The molecule has 2 aliphatic carbocycles. The lowest BCUT2D eigenvalue weighted by Gasteiger charge is -2.29. The Morgan fingerprint density at radius 3 is 2.62 bits per heavy atom. The van der Waals surface area contributed by atoms with Gasteiger partial charge in [0.05, 0.1) is 5.92 Å². The van der Waals surface area contributed by atoms with Gasteiger partial charge in [0.1, 0.15) is 0 Å². The number of nitrogens with one attached hydrogen (secondary N) is 2. The van der Waals surface area contributed by atoms with E-state index in [1.807, 2.05) is 0 Å². The minimum absolute atomic E-state index is 0.0861. The van der Waals surface area contributed by atoms with Crippen LogP contribution in [0.4, 0.5) is 4.79 Å². The number of carboxylic acid groups (broad SMARTS) is 1. The number of hydrogen-bond donors (Lipinski definition) is 3. The third-order valence-electron chi connectivity index (χ3n) is 5.20. The number of carboxylic acids is 1. The normalized spacial score (nSPS) is 32.6. The molecule has 0 aromatic carbocycles. The number of carbonyl (C=O) groups is 2. The summed E-state index contributed by atoms with van der Waals surface area (Å²) in [5, 5.41) is 15.1. The molecule has 0 saturated heterocycles. The summed E-state index contributed by atoms with van der Waals surface area (Å²) in [6, 6.07) is 0.148. The van der Waals surface area contributed by atoms with Gasteiger partial charge in [-0.2, -0.15) is 0 Å². The Hall–Kier alpha value is -1.26. The third-order valence-corrected chi connectivity index (χ3v) is 5.20. The minimum atomic E-state index is -0.724. The number of hydrogen-bond acceptors (Lipinski definition) is 2. The first kappa shape index (κ1) is 16.1. The Morgan fingerprint density at radius 1 is 1.14 bits per heavy atom. The molecule has 3 N–H and O–H groups in total. The molecule has 4 unspecified atom stereocenters. The molecule has 2 saturated carbocycles. The van der Waals surface area contributed by atoms with E-state index < -0.39 is 5.97 Å². The summed E-state index contributed by atoms with van der Waals surface area (Å²) >= 11 is 0. The van der Waals surface area contributed by atoms with Crippen LogP contribution in [0.2, 0.25) is 0 Å². The van der Waals surface area contributed by atoms with Gasteiger partial charge in [0.25, 0.3) is 0 Å². The van der Waals surface area contributed by atoms with Crippen LogP contribution in [-0.2, 0) is 4.79 Å². The molecule has 120 valence electrons. The van der Waals surface area contributed by atoms with Crippen LogP contribution < -0.4 is 10.6 Å². The second kappa shape index (κ2) is 7.66. The fourth-order valence-corrected chi connectivity index (χ4v) is 3.86. The highest BCUT2D eigenvalue weighted by molar-refractivity contribution is 5.74. The van der Waals surface area contributed by atoms with Crippen molar-refractivity contribution in [3.63, 3.8) is 0 Å². The summed E-state index contributed by atoms with van der Waals surface area (Å²) in [7, 11) is 0. The lowest BCUT2D eigenvalue weighted by Crippen LogP contribution is -2.45. The molecule has 0 aromatic rings. The smallest absolute Gasteiger partial charge is 0.315 e. The fourth-order valence-electron chi connectivity index (χ4n) is 3.86. The Kier molecular flexibility index (Phi) is 5.88. The van der Waals surface area contributed by atoms with E-state index in [2.05, 4.69) is 17.6 Å². The largest absolute Gasteiger partial charge is 0.481 e. The standard InChI is InChI=1S/C16H28N2O3/c1-2-11-5-3-7-13(9-11)18-16(21)17-10-12-6-4-8-14(12)15(19)20/h11-14H,2-10H2,1H3,(H,19,20)(H2,17,18,21). The van der Waals surface area contributed by atoms with E-state index in [1.54, 1.807) is 0 Å². The van der Waals surface area contributed by atoms with Crippen LogP contribution in [-0.4, -0.2) is 29.7 Å². The molecule has 0 heterocycles. The van der Waals surface area contributed by atoms with Gasteiger partial charge in [-0.1, -0.05) is 32.6 Å². The molecule has 0 spiro atoms. The summed E-state index contributed by atoms with van der Waals surface area (Å²) in [6.07, 6.45) is 8.37. The number of aliphatic carboxylic acids is 1. The van der Waals surface area contributed by atoms with E-state index in [9.17, 15) is 9.59 Å². The minimum Gasteiger partial charge on any atom is -0.481 e. The van der Waals surface area contributed by atoms with E-state index in [0.29, 0.717) is 6.54 Å². The molecule has 5 nitrogen and oxygen atoms in total. The van der Waals surface area contributed by atoms with E-state index in [0.717, 1.165) is 38.0 Å². The monoisotopic (exact) mass is 296 g/mol. The zero-order chi connectivity index (χ0) is 15.2. The molecule has 4 atom stereocenters. The van der Waals surface area contributed by atoms with Crippen molar-refractivity contribution in [2.24, 2.45) is 17.8 Å². The SMILES string of the molecule is CCC1CCCC(NC(=O)NCC2CCCC2C(=O)O)C1. The van der Waals surface area contributed by atoms with Crippen LogP contribution in [0.1, 0.15) is 58.3 Å². The van der Waals surface area contributed by atoms with Crippen LogP contribution in [0.25, 0.3) is 0 Å². The number of rotatable bonds is 5. The number of urea groups is 1. The van der Waals surface area contributed by atoms with Crippen molar-refractivity contribution in [3.05, 3.63) is 0 Å². The Labute approximate surface area is 126 Å². The van der Waals surface area contributed by atoms with Gasteiger partial charge in [-0.3, -0.25) is 4.79 Å². The van der Waals surface area contributed by atoms with Gasteiger partial charge in [-0.15, -0.1) is 0 Å². The number of carbonyl (C=O) groups excluding carboxylic acids is 1. The van der Waals surface area contributed by atoms with E-state index >= 15 is 0 Å². The van der Waals surface area contributed by atoms with Crippen LogP contribution in [0, 0.1) is 17.8 Å². The summed E-state index contributed by atoms with van der Waals surface area (Å²) < 4.78 is 0. The van der Waals surface area contributed by atoms with Crippen LogP contribution in [0.5, 0.6) is 0 Å². The lowest BCUT2D eigenvalue weighted by molar-refractivity contribution is -0.142. The van der Waals surface area contributed by atoms with Crippen LogP contribution in [0.3, 0.4) is 0 Å². The van der Waals surface area contributed by atoms with Gasteiger partial charge in [-0.05, 0) is 37.5 Å². The van der Waals surface area contributed by atoms with Crippen molar-refractivity contribution in [1.29, 1.82) is 0 Å². The third kappa shape index (κ3) is 4.61. The maximum Gasteiger partial charge on any atom is 0.315 e. The van der Waals surface area contributed by atoms with Crippen molar-refractivity contribution in [2.75, 3.05) is 6.54 Å². The summed E-state index contributed by atoms with van der Waals surface area (Å²) in [5.41, 5.74) is 0. The Morgan fingerprint density at radius 2 is 1.90 bits per heavy atom. The van der Waals surface area contributed by atoms with Crippen LogP contribution in [0.15, 0.2) is 0 Å². The molecule has 0 aromatic heterocycles. The van der Waals surface area contributed by atoms with E-state index in [1.165, 1.54) is 19.3 Å². The van der Waals surface area contributed by atoms with Crippen molar-refractivity contribution in [1.82, 2.24) is 10.6 Å². The van der Waals surface area contributed by atoms with Gasteiger partial charge in [-0.25, -0.2) is 4.79 Å². The number of amides is 2. The lowest BCUT2D eigenvalue weighted by atomic mass is 9.84. The molecule has 0 radical (unpaired) electrons. The molecular formula is C16H28N2O3. The maximum atomic E-state index is 12.0. The van der Waals surface area contributed by atoms with Crippen molar-refractivity contribution in [3.8, 4) is 0 Å². The summed E-state index contributed by atoms with van der Waals surface area (Å²) in [5.74, 6) is -0.194. The van der Waals surface area contributed by atoms with E-state index in [4.69, 9.17) is 5.11 Å². The molecule has 0 bridgehead atoms. The van der Waals surface area contributed by atoms with Crippen molar-refractivity contribution >= 4 is 12.0 Å². The molecule has 2 fully saturated rings. The highest BCUT2D eigenvalue weighted by Crippen LogP contribution is 2.31. The molecular weight excluding hydrogens is 268 g/mol. The highest BCUT2D eigenvalue weighted by atomic mass is 16.4. The Bertz CT molecular complexity index is 373. The first-order valence-corrected chi connectivity index (χ1v) is 8.37. The first-order chi connectivity index (χ1) is 10.1. The second-order valence-corrected chi connectivity index (χ2v) is 6.63. The van der Waals surface area contributed by atoms with Gasteiger partial charge in [0.2, 0.25) is 0 Å².